The highest BCUT2D eigenvalue weighted by Crippen LogP contribution is 2.14. The molecule has 1 aromatic heterocycles. The van der Waals surface area contributed by atoms with Crippen LogP contribution in [0.1, 0.15) is 13.3 Å². The highest BCUT2D eigenvalue weighted by Gasteiger charge is 2.11. The number of alkyl halides is 1. The molecule has 2 rings (SSSR count). The summed E-state index contributed by atoms with van der Waals surface area (Å²) in [5, 5.41) is 4.16. The Kier molecular flexibility index (Phi) is 4.42. The summed E-state index contributed by atoms with van der Waals surface area (Å²) in [6.45, 7) is 3.43. The zero-order valence-electron chi connectivity index (χ0n) is 10.4. The second-order valence-corrected chi connectivity index (χ2v) is 5.34. The van der Waals surface area contributed by atoms with Crippen molar-refractivity contribution in [2.45, 2.75) is 24.7 Å². The lowest BCUT2D eigenvalue weighted by Crippen LogP contribution is -2.33. The van der Waals surface area contributed by atoms with Crippen LogP contribution in [0.5, 0.6) is 0 Å². The highest BCUT2D eigenvalue weighted by atomic mass is 79.9. The Hall–Kier alpha value is -1.29. The Balaban J connectivity index is 1.93. The van der Waals surface area contributed by atoms with E-state index >= 15 is 0 Å². The van der Waals surface area contributed by atoms with Gasteiger partial charge in [0.15, 0.2) is 0 Å². The fourth-order valence-electron chi connectivity index (χ4n) is 1.93. The van der Waals surface area contributed by atoms with Gasteiger partial charge in [-0.2, -0.15) is 0 Å². The molecule has 3 nitrogen and oxygen atoms in total. The van der Waals surface area contributed by atoms with Crippen LogP contribution in [0.2, 0.25) is 0 Å². The molecular formula is C14H17BrN2O. The van der Waals surface area contributed by atoms with Crippen LogP contribution in [0.15, 0.2) is 36.5 Å². The minimum absolute atomic E-state index is 0.0639. The Labute approximate surface area is 115 Å². The molecule has 4 heteroatoms. The van der Waals surface area contributed by atoms with Gasteiger partial charge in [-0.15, -0.1) is 0 Å². The van der Waals surface area contributed by atoms with Gasteiger partial charge in [-0.05, 0) is 23.9 Å². The molecule has 0 bridgehead atoms. The Morgan fingerprint density at radius 3 is 2.94 bits per heavy atom. The van der Waals surface area contributed by atoms with Crippen molar-refractivity contribution in [2.75, 3.05) is 6.54 Å². The van der Waals surface area contributed by atoms with Gasteiger partial charge >= 0.3 is 0 Å². The predicted octanol–water partition coefficient (Wildman–Crippen LogP) is 2.93. The number of nitrogens with zero attached hydrogens (tertiary/aromatic N) is 1. The van der Waals surface area contributed by atoms with E-state index in [4.69, 9.17) is 0 Å². The molecule has 0 radical (unpaired) electrons. The number of hydrogen-bond acceptors (Lipinski definition) is 1. The molecule has 0 fully saturated rings. The van der Waals surface area contributed by atoms with Crippen molar-refractivity contribution >= 4 is 32.7 Å². The highest BCUT2D eigenvalue weighted by molar-refractivity contribution is 9.10. The number of nitrogens with one attached hydrogen (secondary N) is 1. The summed E-state index contributed by atoms with van der Waals surface area (Å²) in [4.78, 5) is 11.5. The Morgan fingerprint density at radius 2 is 2.17 bits per heavy atom. The Bertz CT molecular complexity index is 535. The average Bonchev–Trinajstić information content (AvgIpc) is 2.81. The number of aromatic nitrogens is 1. The molecule has 1 amide bonds. The average molecular weight is 309 g/mol. The fourth-order valence-corrected chi connectivity index (χ4v) is 2.09. The van der Waals surface area contributed by atoms with E-state index in [1.807, 2.05) is 19.1 Å². The summed E-state index contributed by atoms with van der Waals surface area (Å²) in [5.74, 6) is 0.0639. The molecule has 1 heterocycles. The van der Waals surface area contributed by atoms with Crippen molar-refractivity contribution in [2.24, 2.45) is 0 Å². The van der Waals surface area contributed by atoms with E-state index < -0.39 is 0 Å². The van der Waals surface area contributed by atoms with Crippen molar-refractivity contribution in [3.05, 3.63) is 36.5 Å². The van der Waals surface area contributed by atoms with Crippen molar-refractivity contribution in [1.29, 1.82) is 0 Å². The van der Waals surface area contributed by atoms with Crippen molar-refractivity contribution in [3.63, 3.8) is 0 Å². The maximum Gasteiger partial charge on any atom is 0.233 e. The lowest BCUT2D eigenvalue weighted by molar-refractivity contribution is -0.120. The summed E-state index contributed by atoms with van der Waals surface area (Å²) in [7, 11) is 0. The summed E-state index contributed by atoms with van der Waals surface area (Å²) in [6, 6.07) is 10.3. The van der Waals surface area contributed by atoms with Crippen LogP contribution >= 0.6 is 15.9 Å². The van der Waals surface area contributed by atoms with E-state index in [0.717, 1.165) is 13.0 Å². The van der Waals surface area contributed by atoms with Crippen LogP contribution in [0.25, 0.3) is 10.9 Å². The molecule has 0 aliphatic carbocycles. The molecule has 0 saturated heterocycles. The second-order valence-electron chi connectivity index (χ2n) is 4.23. The number of amides is 1. The SMILES string of the molecule is CCC(Br)C(=O)NCCn1ccc2ccccc21. The van der Waals surface area contributed by atoms with E-state index in [0.29, 0.717) is 6.54 Å². The number of para-hydroxylation sites is 1. The fraction of sp³-hybridized carbons (Fsp3) is 0.357. The molecule has 1 N–H and O–H groups in total. The predicted molar refractivity (Wildman–Crippen MR) is 78.0 cm³/mol. The smallest absolute Gasteiger partial charge is 0.233 e. The van der Waals surface area contributed by atoms with Gasteiger partial charge in [-0.3, -0.25) is 4.79 Å². The lowest BCUT2D eigenvalue weighted by atomic mass is 10.2. The van der Waals surface area contributed by atoms with Crippen LogP contribution in [0.3, 0.4) is 0 Å². The summed E-state index contributed by atoms with van der Waals surface area (Å²) >= 11 is 3.34. The number of rotatable bonds is 5. The zero-order chi connectivity index (χ0) is 13.0. The van der Waals surface area contributed by atoms with Gasteiger partial charge in [0, 0.05) is 24.8 Å². The van der Waals surface area contributed by atoms with Crippen molar-refractivity contribution in [3.8, 4) is 0 Å². The molecular weight excluding hydrogens is 292 g/mol. The quantitative estimate of drug-likeness (QED) is 0.847. The molecule has 1 atom stereocenters. The number of hydrogen-bond donors (Lipinski definition) is 1. The number of carbonyl (C=O) groups excluding carboxylic acids is 1. The third-order valence-corrected chi connectivity index (χ3v) is 4.04. The van der Waals surface area contributed by atoms with E-state index in [9.17, 15) is 4.79 Å². The van der Waals surface area contributed by atoms with E-state index in [-0.39, 0.29) is 10.7 Å². The van der Waals surface area contributed by atoms with Crippen LogP contribution in [0, 0.1) is 0 Å². The normalized spacial score (nSPS) is 12.6. The van der Waals surface area contributed by atoms with Crippen LogP contribution in [-0.4, -0.2) is 21.8 Å². The van der Waals surface area contributed by atoms with Crippen LogP contribution < -0.4 is 5.32 Å². The van der Waals surface area contributed by atoms with E-state index in [2.05, 4.69) is 50.2 Å². The molecule has 0 aliphatic heterocycles. The van der Waals surface area contributed by atoms with Gasteiger partial charge in [0.05, 0.1) is 4.83 Å². The first-order valence-corrected chi connectivity index (χ1v) is 7.09. The van der Waals surface area contributed by atoms with Gasteiger partial charge in [0.2, 0.25) is 5.91 Å². The third-order valence-electron chi connectivity index (χ3n) is 2.98. The number of fused-ring (bicyclic) bond motifs is 1. The first-order chi connectivity index (χ1) is 8.72. The van der Waals surface area contributed by atoms with Gasteiger partial charge < -0.3 is 9.88 Å². The molecule has 2 aromatic rings. The first-order valence-electron chi connectivity index (χ1n) is 6.18. The van der Waals surface area contributed by atoms with Crippen LogP contribution in [-0.2, 0) is 11.3 Å². The summed E-state index contributed by atoms with van der Waals surface area (Å²) in [6.07, 6.45) is 2.86. The summed E-state index contributed by atoms with van der Waals surface area (Å²) < 4.78 is 2.16. The van der Waals surface area contributed by atoms with Crippen molar-refractivity contribution < 1.29 is 4.79 Å². The number of carbonyl (C=O) groups is 1. The zero-order valence-corrected chi connectivity index (χ0v) is 12.0. The third kappa shape index (κ3) is 2.93. The largest absolute Gasteiger partial charge is 0.353 e. The molecule has 0 aliphatic rings. The Morgan fingerprint density at radius 1 is 1.39 bits per heavy atom. The first kappa shape index (κ1) is 13.1. The maximum atomic E-state index is 11.6. The van der Waals surface area contributed by atoms with Gasteiger partial charge in [-0.25, -0.2) is 0 Å². The summed E-state index contributed by atoms with van der Waals surface area (Å²) in [5.41, 5.74) is 1.21. The monoisotopic (exact) mass is 308 g/mol. The van der Waals surface area contributed by atoms with E-state index in [1.165, 1.54) is 10.9 Å². The van der Waals surface area contributed by atoms with Gasteiger partial charge in [-0.1, -0.05) is 41.1 Å². The minimum atomic E-state index is -0.0843. The molecule has 1 aromatic carbocycles. The van der Waals surface area contributed by atoms with E-state index in [1.54, 1.807) is 0 Å². The molecule has 18 heavy (non-hydrogen) atoms. The molecule has 1 unspecified atom stereocenters. The van der Waals surface area contributed by atoms with Crippen molar-refractivity contribution in [1.82, 2.24) is 9.88 Å². The van der Waals surface area contributed by atoms with Gasteiger partial charge in [0.25, 0.3) is 0 Å². The standard InChI is InChI=1S/C14H17BrN2O/c1-2-12(15)14(18)16-8-10-17-9-7-11-5-3-4-6-13(11)17/h3-7,9,12H,2,8,10H2,1H3,(H,16,18). The molecule has 96 valence electrons. The lowest BCUT2D eigenvalue weighted by Gasteiger charge is -2.10. The molecule has 0 saturated carbocycles. The molecule has 0 spiro atoms. The number of halogens is 1. The second kappa shape index (κ2) is 6.05. The topological polar surface area (TPSA) is 34.0 Å². The minimum Gasteiger partial charge on any atom is -0.353 e. The van der Waals surface area contributed by atoms with Gasteiger partial charge in [0.1, 0.15) is 0 Å². The maximum absolute atomic E-state index is 11.6. The number of benzene rings is 1. The van der Waals surface area contributed by atoms with Crippen LogP contribution in [0.4, 0.5) is 0 Å².